The van der Waals surface area contributed by atoms with Crippen LogP contribution in [0.5, 0.6) is 0 Å². The van der Waals surface area contributed by atoms with Gasteiger partial charge < -0.3 is 10.1 Å². The highest BCUT2D eigenvalue weighted by Gasteiger charge is 2.34. The summed E-state index contributed by atoms with van der Waals surface area (Å²) in [5.74, 6) is -1.04. The molecule has 4 aromatic rings. The molecule has 0 aliphatic carbocycles. The third-order valence-corrected chi connectivity index (χ3v) is 4.96. The van der Waals surface area contributed by atoms with E-state index in [-0.39, 0.29) is 21.9 Å². The number of fused-ring (bicyclic) bond motifs is 1. The van der Waals surface area contributed by atoms with Crippen molar-refractivity contribution in [3.8, 4) is 5.95 Å². The molecule has 2 aromatic heterocycles. The van der Waals surface area contributed by atoms with Crippen LogP contribution in [0.25, 0.3) is 17.0 Å². The van der Waals surface area contributed by atoms with E-state index in [1.165, 1.54) is 16.9 Å². The van der Waals surface area contributed by atoms with E-state index in [4.69, 9.17) is 5.11 Å². The molecular formula is C18H11F3N4O2S. The van der Waals surface area contributed by atoms with Gasteiger partial charge in [-0.05, 0) is 24.3 Å². The quantitative estimate of drug-likeness (QED) is 0.519. The Labute approximate surface area is 160 Å². The molecule has 0 amide bonds. The molecule has 0 spiro atoms. The highest BCUT2D eigenvalue weighted by atomic mass is 32.2. The van der Waals surface area contributed by atoms with Crippen molar-refractivity contribution in [1.82, 2.24) is 19.7 Å². The molecule has 0 saturated heterocycles. The summed E-state index contributed by atoms with van der Waals surface area (Å²) in [6.07, 6.45) is -2.18. The predicted octanol–water partition coefficient (Wildman–Crippen LogP) is 4.62. The van der Waals surface area contributed by atoms with E-state index in [0.29, 0.717) is 10.4 Å². The van der Waals surface area contributed by atoms with Gasteiger partial charge in [0, 0.05) is 16.0 Å². The summed E-state index contributed by atoms with van der Waals surface area (Å²) < 4.78 is 41.9. The predicted molar refractivity (Wildman–Crippen MR) is 95.7 cm³/mol. The molecule has 0 bridgehead atoms. The van der Waals surface area contributed by atoms with Crippen LogP contribution in [-0.4, -0.2) is 30.8 Å². The van der Waals surface area contributed by atoms with Gasteiger partial charge in [-0.2, -0.15) is 18.3 Å². The van der Waals surface area contributed by atoms with Crippen molar-refractivity contribution in [2.24, 2.45) is 0 Å². The molecule has 0 atom stereocenters. The number of carboxylic acids is 1. The highest BCUT2D eigenvalue weighted by Crippen LogP contribution is 2.41. The number of alkyl halides is 3. The zero-order valence-corrected chi connectivity index (χ0v) is 14.8. The SMILES string of the molecule is O=C(O)c1cnn(-c2nc3cc(Sc4ccccc4)c(C(F)(F)F)cc3[nH]2)c1. The third kappa shape index (κ3) is 3.46. The molecule has 0 unspecified atom stereocenters. The molecule has 0 aliphatic heterocycles. The number of H-pyrrole nitrogens is 1. The Kier molecular flexibility index (Phi) is 4.34. The lowest BCUT2D eigenvalue weighted by Gasteiger charge is -2.12. The summed E-state index contributed by atoms with van der Waals surface area (Å²) in [6.45, 7) is 0. The van der Waals surface area contributed by atoms with Crippen molar-refractivity contribution < 1.29 is 23.1 Å². The summed E-state index contributed by atoms with van der Waals surface area (Å²) in [5, 5.41) is 12.9. The standard InChI is InChI=1S/C18H11F3N4O2S/c19-18(20,21)12-6-13-14(7-15(12)28-11-4-2-1-3-5-11)24-17(23-13)25-9-10(8-22-25)16(26)27/h1-9H,(H,23,24)(H,26,27). The monoisotopic (exact) mass is 404 g/mol. The number of hydrogen-bond acceptors (Lipinski definition) is 4. The maximum Gasteiger partial charge on any atom is 0.417 e. The second-order valence-corrected chi connectivity index (χ2v) is 6.93. The summed E-state index contributed by atoms with van der Waals surface area (Å²) in [6, 6.07) is 11.1. The van der Waals surface area contributed by atoms with Crippen molar-refractivity contribution in [1.29, 1.82) is 0 Å². The summed E-state index contributed by atoms with van der Waals surface area (Å²) in [5.41, 5.74) is -0.353. The van der Waals surface area contributed by atoms with E-state index in [0.717, 1.165) is 24.0 Å². The van der Waals surface area contributed by atoms with Gasteiger partial charge in [0.15, 0.2) is 0 Å². The molecule has 2 N–H and O–H groups in total. The molecule has 2 aromatic carbocycles. The fraction of sp³-hybridized carbons (Fsp3) is 0.0556. The number of carbonyl (C=O) groups is 1. The van der Waals surface area contributed by atoms with Gasteiger partial charge in [0.25, 0.3) is 0 Å². The number of aromatic amines is 1. The van der Waals surface area contributed by atoms with Gasteiger partial charge >= 0.3 is 12.1 Å². The molecule has 0 fully saturated rings. The number of aromatic carboxylic acids is 1. The van der Waals surface area contributed by atoms with Crippen LogP contribution in [-0.2, 0) is 6.18 Å². The van der Waals surface area contributed by atoms with Crippen molar-refractivity contribution in [3.63, 3.8) is 0 Å². The number of aromatic nitrogens is 4. The van der Waals surface area contributed by atoms with Gasteiger partial charge in [0.1, 0.15) is 0 Å². The number of nitrogens with one attached hydrogen (secondary N) is 1. The van der Waals surface area contributed by atoms with Gasteiger partial charge in [-0.1, -0.05) is 30.0 Å². The topological polar surface area (TPSA) is 83.8 Å². The molecule has 28 heavy (non-hydrogen) atoms. The lowest BCUT2D eigenvalue weighted by Crippen LogP contribution is -2.06. The van der Waals surface area contributed by atoms with Gasteiger partial charge in [-0.25, -0.2) is 14.5 Å². The summed E-state index contributed by atoms with van der Waals surface area (Å²) >= 11 is 0.995. The van der Waals surface area contributed by atoms with Crippen molar-refractivity contribution in [2.75, 3.05) is 0 Å². The molecule has 0 saturated carbocycles. The zero-order valence-electron chi connectivity index (χ0n) is 13.9. The number of benzene rings is 2. The minimum atomic E-state index is -4.54. The number of halogens is 3. The smallest absolute Gasteiger partial charge is 0.417 e. The Morgan fingerprint density at radius 3 is 2.57 bits per heavy atom. The number of carboxylic acid groups (broad SMARTS) is 1. The first-order valence-electron chi connectivity index (χ1n) is 7.93. The highest BCUT2D eigenvalue weighted by molar-refractivity contribution is 7.99. The van der Waals surface area contributed by atoms with Gasteiger partial charge in [-0.3, -0.25) is 0 Å². The molecule has 0 aliphatic rings. The average molecular weight is 404 g/mol. The lowest BCUT2D eigenvalue weighted by molar-refractivity contribution is -0.139. The number of hydrogen-bond donors (Lipinski definition) is 2. The minimum absolute atomic E-state index is 0.0240. The lowest BCUT2D eigenvalue weighted by atomic mass is 10.2. The van der Waals surface area contributed by atoms with Crippen LogP contribution in [0.3, 0.4) is 0 Å². The van der Waals surface area contributed by atoms with Crippen LogP contribution >= 0.6 is 11.8 Å². The van der Waals surface area contributed by atoms with Crippen molar-refractivity contribution >= 4 is 28.8 Å². The van der Waals surface area contributed by atoms with Crippen molar-refractivity contribution in [2.45, 2.75) is 16.0 Å². The first kappa shape index (κ1) is 18.1. The number of nitrogens with zero attached hydrogens (tertiary/aromatic N) is 3. The fourth-order valence-electron chi connectivity index (χ4n) is 2.60. The Morgan fingerprint density at radius 2 is 1.93 bits per heavy atom. The first-order valence-corrected chi connectivity index (χ1v) is 8.75. The van der Waals surface area contributed by atoms with E-state index in [1.807, 2.05) is 0 Å². The van der Waals surface area contributed by atoms with Gasteiger partial charge in [0.2, 0.25) is 5.95 Å². The number of rotatable bonds is 4. The molecule has 142 valence electrons. The van der Waals surface area contributed by atoms with Crippen LogP contribution < -0.4 is 0 Å². The maximum atomic E-state index is 13.6. The Balaban J connectivity index is 1.81. The van der Waals surface area contributed by atoms with Crippen LogP contribution in [0.15, 0.2) is 64.6 Å². The van der Waals surface area contributed by atoms with E-state index in [1.54, 1.807) is 30.3 Å². The second kappa shape index (κ2) is 6.71. The van der Waals surface area contributed by atoms with E-state index < -0.39 is 17.7 Å². The van der Waals surface area contributed by atoms with Crippen LogP contribution in [0, 0.1) is 0 Å². The van der Waals surface area contributed by atoms with Crippen LogP contribution in [0.2, 0.25) is 0 Å². The second-order valence-electron chi connectivity index (χ2n) is 5.82. The molecular weight excluding hydrogens is 393 g/mol. The molecule has 6 nitrogen and oxygen atoms in total. The molecule has 0 radical (unpaired) electrons. The van der Waals surface area contributed by atoms with Gasteiger partial charge in [-0.15, -0.1) is 0 Å². The zero-order chi connectivity index (χ0) is 19.9. The minimum Gasteiger partial charge on any atom is -0.478 e. The van der Waals surface area contributed by atoms with Crippen molar-refractivity contribution in [3.05, 3.63) is 66.0 Å². The van der Waals surface area contributed by atoms with Crippen LogP contribution in [0.1, 0.15) is 15.9 Å². The Morgan fingerprint density at radius 1 is 1.18 bits per heavy atom. The maximum absolute atomic E-state index is 13.6. The first-order chi connectivity index (χ1) is 13.3. The molecule has 10 heteroatoms. The molecule has 4 rings (SSSR count). The molecule has 2 heterocycles. The summed E-state index contributed by atoms with van der Waals surface area (Å²) in [4.78, 5) is 18.7. The summed E-state index contributed by atoms with van der Waals surface area (Å²) in [7, 11) is 0. The Hall–Kier alpha value is -3.27. The Bertz CT molecular complexity index is 1170. The van der Waals surface area contributed by atoms with E-state index in [9.17, 15) is 18.0 Å². The largest absolute Gasteiger partial charge is 0.478 e. The fourth-order valence-corrected chi connectivity index (χ4v) is 3.61. The number of imidazole rings is 1. The van der Waals surface area contributed by atoms with E-state index in [2.05, 4.69) is 15.1 Å². The van der Waals surface area contributed by atoms with Crippen LogP contribution in [0.4, 0.5) is 13.2 Å². The van der Waals surface area contributed by atoms with E-state index >= 15 is 0 Å². The third-order valence-electron chi connectivity index (χ3n) is 3.89. The average Bonchev–Trinajstić information content (AvgIpc) is 3.27. The normalized spacial score (nSPS) is 11.8. The van der Waals surface area contributed by atoms with Gasteiger partial charge in [0.05, 0.1) is 28.4 Å².